The van der Waals surface area contributed by atoms with Gasteiger partial charge in [-0.05, 0) is 61.7 Å². The van der Waals surface area contributed by atoms with Crippen molar-refractivity contribution in [1.29, 1.82) is 0 Å². The molecule has 0 spiro atoms. The molecule has 0 bridgehead atoms. The Morgan fingerprint density at radius 3 is 2.73 bits per heavy atom. The average molecular weight is 422 g/mol. The molecule has 0 aliphatic carbocycles. The molecule has 4 rings (SSSR count). The van der Waals surface area contributed by atoms with Gasteiger partial charge in [0.2, 0.25) is 0 Å². The Morgan fingerprint density at radius 2 is 1.97 bits per heavy atom. The zero-order valence-corrected chi connectivity index (χ0v) is 18.0. The molecule has 1 N–H and O–H groups in total. The van der Waals surface area contributed by atoms with Crippen molar-refractivity contribution >= 4 is 32.6 Å². The Labute approximate surface area is 178 Å². The Kier molecular flexibility index (Phi) is 5.81. The molecule has 4 aromatic rings. The van der Waals surface area contributed by atoms with Crippen LogP contribution in [0.3, 0.4) is 0 Å². The normalized spacial score (nSPS) is 11.0. The van der Waals surface area contributed by atoms with Gasteiger partial charge in [-0.3, -0.25) is 10.1 Å². The Bertz CT molecular complexity index is 1180. The van der Waals surface area contributed by atoms with Crippen LogP contribution in [0.2, 0.25) is 0 Å². The summed E-state index contributed by atoms with van der Waals surface area (Å²) in [6, 6.07) is 13.3. The van der Waals surface area contributed by atoms with Gasteiger partial charge in [0.15, 0.2) is 16.6 Å². The largest absolute Gasteiger partial charge is 0.494 e. The molecule has 2 aromatic carbocycles. The van der Waals surface area contributed by atoms with Gasteiger partial charge in [0.25, 0.3) is 5.91 Å². The molecule has 2 heterocycles. The maximum atomic E-state index is 12.6. The van der Waals surface area contributed by atoms with E-state index in [1.54, 1.807) is 6.07 Å². The lowest BCUT2D eigenvalue weighted by molar-refractivity contribution is 0.101. The smallest absolute Gasteiger partial charge is 0.279 e. The first kappa shape index (κ1) is 20.1. The van der Waals surface area contributed by atoms with Gasteiger partial charge in [-0.1, -0.05) is 35.9 Å². The number of ether oxygens (including phenoxy) is 1. The summed E-state index contributed by atoms with van der Waals surface area (Å²) in [7, 11) is 0. The van der Waals surface area contributed by atoms with Crippen LogP contribution in [0.5, 0.6) is 5.75 Å². The monoisotopic (exact) mass is 421 g/mol. The third-order valence-electron chi connectivity index (χ3n) is 4.70. The van der Waals surface area contributed by atoms with E-state index >= 15 is 0 Å². The summed E-state index contributed by atoms with van der Waals surface area (Å²) in [5, 5.41) is 7.28. The number of amides is 1. The van der Waals surface area contributed by atoms with Crippen LogP contribution in [0, 0.1) is 13.8 Å². The molecule has 0 fully saturated rings. The minimum absolute atomic E-state index is 0.209. The summed E-state index contributed by atoms with van der Waals surface area (Å²) in [4.78, 5) is 17.1. The SMILES string of the molecule is CCCCOc1ccc(-c2cc(C(=O)Nc3nc4c(C)cc(C)cc4s3)no2)cc1. The second-order valence-electron chi connectivity index (χ2n) is 7.20. The molecule has 0 aliphatic heterocycles. The molecule has 7 heteroatoms. The number of thiazole rings is 1. The fourth-order valence-corrected chi connectivity index (χ4v) is 4.19. The number of rotatable bonds is 7. The number of hydrogen-bond acceptors (Lipinski definition) is 6. The van der Waals surface area contributed by atoms with E-state index in [4.69, 9.17) is 9.26 Å². The van der Waals surface area contributed by atoms with Crippen molar-refractivity contribution in [3.63, 3.8) is 0 Å². The van der Waals surface area contributed by atoms with E-state index in [1.165, 1.54) is 16.9 Å². The summed E-state index contributed by atoms with van der Waals surface area (Å²) in [5.74, 6) is 0.986. The maximum Gasteiger partial charge on any atom is 0.279 e. The lowest BCUT2D eigenvalue weighted by Gasteiger charge is -2.05. The van der Waals surface area contributed by atoms with E-state index in [1.807, 2.05) is 38.1 Å². The number of hydrogen-bond donors (Lipinski definition) is 1. The number of carbonyl (C=O) groups excluding carboxylic acids is 1. The Hall–Kier alpha value is -3.19. The van der Waals surface area contributed by atoms with Crippen LogP contribution in [-0.2, 0) is 0 Å². The van der Waals surface area contributed by atoms with Crippen LogP contribution >= 0.6 is 11.3 Å². The molecule has 0 radical (unpaired) electrons. The van der Waals surface area contributed by atoms with Gasteiger partial charge in [0, 0.05) is 11.6 Å². The molecule has 0 aliphatic rings. The second kappa shape index (κ2) is 8.67. The molecule has 2 aromatic heterocycles. The first-order chi connectivity index (χ1) is 14.5. The predicted octanol–water partition coefficient (Wildman–Crippen LogP) is 6.00. The Morgan fingerprint density at radius 1 is 1.17 bits per heavy atom. The number of nitrogens with one attached hydrogen (secondary N) is 1. The molecular weight excluding hydrogens is 398 g/mol. The van der Waals surface area contributed by atoms with E-state index in [0.29, 0.717) is 17.5 Å². The minimum Gasteiger partial charge on any atom is -0.494 e. The first-order valence-electron chi connectivity index (χ1n) is 9.92. The van der Waals surface area contributed by atoms with Crippen molar-refractivity contribution < 1.29 is 14.1 Å². The summed E-state index contributed by atoms with van der Waals surface area (Å²) < 4.78 is 12.1. The van der Waals surface area contributed by atoms with Gasteiger partial charge < -0.3 is 9.26 Å². The summed E-state index contributed by atoms with van der Waals surface area (Å²) in [6.07, 6.45) is 2.12. The average Bonchev–Trinajstić information content (AvgIpc) is 3.36. The number of aromatic nitrogens is 2. The number of unbranched alkanes of at least 4 members (excludes halogenated alkanes) is 1. The molecular formula is C23H23N3O3S. The second-order valence-corrected chi connectivity index (χ2v) is 8.24. The van der Waals surface area contributed by atoms with E-state index in [0.717, 1.165) is 39.9 Å². The van der Waals surface area contributed by atoms with Gasteiger partial charge in [-0.25, -0.2) is 4.98 Å². The molecule has 1 amide bonds. The maximum absolute atomic E-state index is 12.6. The van der Waals surface area contributed by atoms with Crippen LogP contribution in [0.25, 0.3) is 21.5 Å². The van der Waals surface area contributed by atoms with Crippen molar-refractivity contribution in [1.82, 2.24) is 10.1 Å². The summed E-state index contributed by atoms with van der Waals surface area (Å²) >= 11 is 1.45. The standard InChI is InChI=1S/C23H23N3O3S/c1-4-5-10-28-17-8-6-16(7-9-17)19-13-18(26-29-19)22(27)25-23-24-21-15(3)11-14(2)12-20(21)30-23/h6-9,11-13H,4-5,10H2,1-3H3,(H,24,25,27). The third kappa shape index (κ3) is 4.36. The van der Waals surface area contributed by atoms with E-state index in [9.17, 15) is 4.79 Å². The summed E-state index contributed by atoms with van der Waals surface area (Å²) in [6.45, 7) is 6.89. The molecule has 0 saturated heterocycles. The van der Waals surface area contributed by atoms with Gasteiger partial charge in [0.05, 0.1) is 16.8 Å². The minimum atomic E-state index is -0.349. The Balaban J connectivity index is 1.46. The number of benzene rings is 2. The molecule has 6 nitrogen and oxygen atoms in total. The quantitative estimate of drug-likeness (QED) is 0.370. The van der Waals surface area contributed by atoms with Gasteiger partial charge in [-0.15, -0.1) is 0 Å². The molecule has 0 unspecified atom stereocenters. The fraction of sp³-hybridized carbons (Fsp3) is 0.261. The van der Waals surface area contributed by atoms with Crippen molar-refractivity contribution in [2.45, 2.75) is 33.6 Å². The van der Waals surface area contributed by atoms with E-state index < -0.39 is 0 Å². The van der Waals surface area contributed by atoms with Crippen LogP contribution < -0.4 is 10.1 Å². The lowest BCUT2D eigenvalue weighted by Crippen LogP contribution is -2.11. The van der Waals surface area contributed by atoms with Crippen molar-refractivity contribution in [3.8, 4) is 17.1 Å². The molecule has 0 atom stereocenters. The van der Waals surface area contributed by atoms with Crippen molar-refractivity contribution in [2.75, 3.05) is 11.9 Å². The molecule has 30 heavy (non-hydrogen) atoms. The highest BCUT2D eigenvalue weighted by Crippen LogP contribution is 2.30. The van der Waals surface area contributed by atoms with Gasteiger partial charge in [0.1, 0.15) is 5.75 Å². The first-order valence-corrected chi connectivity index (χ1v) is 10.7. The molecule has 0 saturated carbocycles. The highest BCUT2D eigenvalue weighted by molar-refractivity contribution is 7.22. The third-order valence-corrected chi connectivity index (χ3v) is 5.62. The van der Waals surface area contributed by atoms with Crippen molar-refractivity contribution in [2.24, 2.45) is 0 Å². The van der Waals surface area contributed by atoms with Crippen LogP contribution in [0.4, 0.5) is 5.13 Å². The zero-order valence-electron chi connectivity index (χ0n) is 17.2. The van der Waals surface area contributed by atoms with Crippen LogP contribution in [0.1, 0.15) is 41.4 Å². The van der Waals surface area contributed by atoms with E-state index in [-0.39, 0.29) is 11.6 Å². The highest BCUT2D eigenvalue weighted by atomic mass is 32.1. The highest BCUT2D eigenvalue weighted by Gasteiger charge is 2.16. The number of nitrogens with zero attached hydrogens (tertiary/aromatic N) is 2. The van der Waals surface area contributed by atoms with Gasteiger partial charge in [-0.2, -0.15) is 0 Å². The van der Waals surface area contributed by atoms with Crippen LogP contribution in [-0.4, -0.2) is 22.7 Å². The topological polar surface area (TPSA) is 77.2 Å². The van der Waals surface area contributed by atoms with Gasteiger partial charge >= 0.3 is 0 Å². The number of aryl methyl sites for hydroxylation is 2. The zero-order chi connectivity index (χ0) is 21.1. The summed E-state index contributed by atoms with van der Waals surface area (Å²) in [5.41, 5.74) is 4.20. The predicted molar refractivity (Wildman–Crippen MR) is 119 cm³/mol. The van der Waals surface area contributed by atoms with Crippen molar-refractivity contribution in [3.05, 3.63) is 59.3 Å². The number of fused-ring (bicyclic) bond motifs is 1. The lowest BCUT2D eigenvalue weighted by atomic mass is 10.1. The number of carbonyl (C=O) groups is 1. The van der Waals surface area contributed by atoms with E-state index in [2.05, 4.69) is 34.5 Å². The van der Waals surface area contributed by atoms with Crippen LogP contribution in [0.15, 0.2) is 47.0 Å². The number of anilines is 1. The fourth-order valence-electron chi connectivity index (χ4n) is 3.15. The molecule has 154 valence electrons.